The Hall–Kier alpha value is -1.56. The second-order valence-corrected chi connectivity index (χ2v) is 5.76. The van der Waals surface area contributed by atoms with E-state index in [1.54, 1.807) is 6.07 Å². The molecule has 0 unspecified atom stereocenters. The van der Waals surface area contributed by atoms with E-state index in [0.717, 1.165) is 5.56 Å². The Labute approximate surface area is 116 Å². The second-order valence-electron chi connectivity index (χ2n) is 3.96. The SMILES string of the molecule is O=S(=O)(O)c1cc(NCc2ccccc2)ccc1Cl. The first-order chi connectivity index (χ1) is 8.97. The van der Waals surface area contributed by atoms with Crippen LogP contribution in [0.2, 0.25) is 5.02 Å². The number of anilines is 1. The summed E-state index contributed by atoms with van der Waals surface area (Å²) in [5.74, 6) is 0. The summed E-state index contributed by atoms with van der Waals surface area (Å²) in [7, 11) is -4.31. The van der Waals surface area contributed by atoms with Gasteiger partial charge < -0.3 is 5.32 Å². The van der Waals surface area contributed by atoms with E-state index in [0.29, 0.717) is 12.2 Å². The van der Waals surface area contributed by atoms with Crippen LogP contribution in [-0.2, 0) is 16.7 Å². The molecule has 19 heavy (non-hydrogen) atoms. The van der Waals surface area contributed by atoms with Crippen molar-refractivity contribution in [1.29, 1.82) is 0 Å². The molecule has 2 aromatic carbocycles. The van der Waals surface area contributed by atoms with Crippen molar-refractivity contribution in [3.05, 3.63) is 59.1 Å². The van der Waals surface area contributed by atoms with Crippen LogP contribution >= 0.6 is 11.6 Å². The summed E-state index contributed by atoms with van der Waals surface area (Å²) in [5.41, 5.74) is 1.63. The van der Waals surface area contributed by atoms with Gasteiger partial charge in [0.1, 0.15) is 4.90 Å². The number of hydrogen-bond acceptors (Lipinski definition) is 3. The molecule has 0 saturated carbocycles. The van der Waals surface area contributed by atoms with Crippen molar-refractivity contribution in [1.82, 2.24) is 0 Å². The van der Waals surface area contributed by atoms with Gasteiger partial charge in [0.2, 0.25) is 0 Å². The highest BCUT2D eigenvalue weighted by Gasteiger charge is 2.14. The first-order valence-corrected chi connectivity index (χ1v) is 7.33. The van der Waals surface area contributed by atoms with Gasteiger partial charge in [-0.05, 0) is 23.8 Å². The molecular weight excluding hydrogens is 286 g/mol. The van der Waals surface area contributed by atoms with E-state index in [1.807, 2.05) is 30.3 Å². The fourth-order valence-corrected chi connectivity index (χ4v) is 2.61. The second kappa shape index (κ2) is 5.61. The Morgan fingerprint density at radius 2 is 1.79 bits per heavy atom. The predicted octanol–water partition coefficient (Wildman–Crippen LogP) is 3.20. The van der Waals surface area contributed by atoms with Crippen LogP contribution in [0.15, 0.2) is 53.4 Å². The van der Waals surface area contributed by atoms with Gasteiger partial charge in [-0.1, -0.05) is 41.9 Å². The Bertz CT molecular complexity index is 672. The average Bonchev–Trinajstić information content (AvgIpc) is 2.37. The molecular formula is C13H12ClNO3S. The topological polar surface area (TPSA) is 66.4 Å². The number of hydrogen-bond donors (Lipinski definition) is 2. The number of nitrogens with one attached hydrogen (secondary N) is 1. The van der Waals surface area contributed by atoms with Crippen LogP contribution < -0.4 is 5.32 Å². The zero-order valence-corrected chi connectivity index (χ0v) is 11.4. The molecule has 2 N–H and O–H groups in total. The lowest BCUT2D eigenvalue weighted by molar-refractivity contribution is 0.483. The molecule has 0 radical (unpaired) electrons. The predicted molar refractivity (Wildman–Crippen MR) is 75.0 cm³/mol. The smallest absolute Gasteiger partial charge is 0.296 e. The Kier molecular flexibility index (Phi) is 4.09. The lowest BCUT2D eigenvalue weighted by atomic mass is 10.2. The lowest BCUT2D eigenvalue weighted by Crippen LogP contribution is -2.03. The van der Waals surface area contributed by atoms with Gasteiger partial charge >= 0.3 is 0 Å². The number of halogens is 1. The van der Waals surface area contributed by atoms with Gasteiger partial charge in [0.15, 0.2) is 0 Å². The largest absolute Gasteiger partial charge is 0.381 e. The molecule has 6 heteroatoms. The monoisotopic (exact) mass is 297 g/mol. The summed E-state index contributed by atoms with van der Waals surface area (Å²) < 4.78 is 31.3. The number of benzene rings is 2. The molecule has 2 rings (SSSR count). The molecule has 0 fully saturated rings. The van der Waals surface area contributed by atoms with Crippen molar-refractivity contribution in [2.75, 3.05) is 5.32 Å². The first kappa shape index (κ1) is 13.9. The standard InChI is InChI=1S/C13H12ClNO3S/c14-12-7-6-11(8-13(12)19(16,17)18)15-9-10-4-2-1-3-5-10/h1-8,15H,9H2,(H,16,17,18). The fourth-order valence-electron chi connectivity index (χ4n) is 1.61. The third-order valence-corrected chi connectivity index (χ3v) is 3.88. The van der Waals surface area contributed by atoms with Gasteiger partial charge in [-0.3, -0.25) is 4.55 Å². The molecule has 0 aliphatic carbocycles. The lowest BCUT2D eigenvalue weighted by Gasteiger charge is -2.08. The van der Waals surface area contributed by atoms with E-state index >= 15 is 0 Å². The maximum Gasteiger partial charge on any atom is 0.296 e. The van der Waals surface area contributed by atoms with Crippen molar-refractivity contribution < 1.29 is 13.0 Å². The molecule has 100 valence electrons. The Morgan fingerprint density at radius 1 is 1.11 bits per heavy atom. The van der Waals surface area contributed by atoms with Crippen LogP contribution in [0, 0.1) is 0 Å². The van der Waals surface area contributed by atoms with E-state index in [1.165, 1.54) is 12.1 Å². The summed E-state index contributed by atoms with van der Waals surface area (Å²) in [6.45, 7) is 0.549. The molecule has 0 spiro atoms. The molecule has 0 aliphatic heterocycles. The van der Waals surface area contributed by atoms with Gasteiger partial charge in [-0.15, -0.1) is 0 Å². The zero-order valence-electron chi connectivity index (χ0n) is 9.88. The van der Waals surface area contributed by atoms with Gasteiger partial charge in [0.05, 0.1) is 5.02 Å². The maximum atomic E-state index is 11.1. The van der Waals surface area contributed by atoms with E-state index < -0.39 is 10.1 Å². The highest BCUT2D eigenvalue weighted by atomic mass is 35.5. The third-order valence-electron chi connectivity index (χ3n) is 2.55. The summed E-state index contributed by atoms with van der Waals surface area (Å²) in [6.07, 6.45) is 0. The summed E-state index contributed by atoms with van der Waals surface area (Å²) in [4.78, 5) is -0.299. The zero-order chi connectivity index (χ0) is 13.9. The van der Waals surface area contributed by atoms with Crippen molar-refractivity contribution >= 4 is 27.4 Å². The first-order valence-electron chi connectivity index (χ1n) is 5.51. The average molecular weight is 298 g/mol. The highest BCUT2D eigenvalue weighted by Crippen LogP contribution is 2.25. The normalized spacial score (nSPS) is 11.3. The molecule has 0 aliphatic rings. The molecule has 4 nitrogen and oxygen atoms in total. The summed E-state index contributed by atoms with van der Waals surface area (Å²) in [5, 5.41) is 3.06. The van der Waals surface area contributed by atoms with Crippen LogP contribution in [0.25, 0.3) is 0 Å². The summed E-state index contributed by atoms with van der Waals surface area (Å²) >= 11 is 5.73. The van der Waals surface area contributed by atoms with E-state index in [-0.39, 0.29) is 9.92 Å². The minimum absolute atomic E-state index is 0.00670. The van der Waals surface area contributed by atoms with Crippen LogP contribution in [0.3, 0.4) is 0 Å². The van der Waals surface area contributed by atoms with Gasteiger partial charge in [-0.2, -0.15) is 8.42 Å². The van der Waals surface area contributed by atoms with E-state index in [9.17, 15) is 8.42 Å². The van der Waals surface area contributed by atoms with Gasteiger partial charge in [0, 0.05) is 12.2 Å². The highest BCUT2D eigenvalue weighted by molar-refractivity contribution is 7.86. The van der Waals surface area contributed by atoms with Crippen LogP contribution in [0.5, 0.6) is 0 Å². The minimum atomic E-state index is -4.31. The van der Waals surface area contributed by atoms with Crippen LogP contribution in [0.4, 0.5) is 5.69 Å². The molecule has 0 atom stereocenters. The molecule has 0 aromatic heterocycles. The molecule has 2 aromatic rings. The van der Waals surface area contributed by atoms with Gasteiger partial charge in [-0.25, -0.2) is 0 Å². The van der Waals surface area contributed by atoms with E-state index in [2.05, 4.69) is 5.32 Å². The summed E-state index contributed by atoms with van der Waals surface area (Å²) in [6, 6.07) is 14.0. The van der Waals surface area contributed by atoms with Crippen molar-refractivity contribution in [3.8, 4) is 0 Å². The van der Waals surface area contributed by atoms with Crippen molar-refractivity contribution in [3.63, 3.8) is 0 Å². The Morgan fingerprint density at radius 3 is 2.42 bits per heavy atom. The minimum Gasteiger partial charge on any atom is -0.381 e. The van der Waals surface area contributed by atoms with Crippen molar-refractivity contribution in [2.45, 2.75) is 11.4 Å². The quantitative estimate of drug-likeness (QED) is 0.851. The third kappa shape index (κ3) is 3.70. The van der Waals surface area contributed by atoms with Crippen LogP contribution in [-0.4, -0.2) is 13.0 Å². The molecule has 0 heterocycles. The molecule has 0 amide bonds. The fraction of sp³-hybridized carbons (Fsp3) is 0.0769. The van der Waals surface area contributed by atoms with Gasteiger partial charge in [0.25, 0.3) is 10.1 Å². The van der Waals surface area contributed by atoms with Crippen LogP contribution in [0.1, 0.15) is 5.56 Å². The molecule has 0 saturated heterocycles. The van der Waals surface area contributed by atoms with E-state index in [4.69, 9.17) is 16.2 Å². The maximum absolute atomic E-state index is 11.1. The van der Waals surface area contributed by atoms with Crippen molar-refractivity contribution in [2.24, 2.45) is 0 Å². The number of rotatable bonds is 4. The molecule has 0 bridgehead atoms. The Balaban J connectivity index is 2.18.